The van der Waals surface area contributed by atoms with Crippen LogP contribution in [0.5, 0.6) is 0 Å². The van der Waals surface area contributed by atoms with Crippen molar-refractivity contribution in [2.75, 3.05) is 6.54 Å². The highest BCUT2D eigenvalue weighted by Crippen LogP contribution is 2.48. The molecule has 0 saturated carbocycles. The monoisotopic (exact) mass is 623 g/mol. The average Bonchev–Trinajstić information content (AvgIpc) is 3.57. The first-order valence-corrected chi connectivity index (χ1v) is 14.6. The highest BCUT2D eigenvalue weighted by atomic mass is 79.9. The fraction of sp³-hybridized carbons (Fsp3) is 0.304. The number of amides is 2. The fourth-order valence-corrected chi connectivity index (χ4v) is 7.61. The van der Waals surface area contributed by atoms with Gasteiger partial charge in [0.05, 0.1) is 30.4 Å². The summed E-state index contributed by atoms with van der Waals surface area (Å²) in [6, 6.07) is 7.84. The van der Waals surface area contributed by atoms with Crippen molar-refractivity contribution in [2.24, 2.45) is 5.92 Å². The van der Waals surface area contributed by atoms with Crippen molar-refractivity contribution >= 4 is 89.1 Å². The van der Waals surface area contributed by atoms with E-state index in [-0.39, 0.29) is 11.8 Å². The van der Waals surface area contributed by atoms with Gasteiger partial charge >= 0.3 is 0 Å². The molecule has 1 aliphatic heterocycles. The van der Waals surface area contributed by atoms with Gasteiger partial charge in [0.2, 0.25) is 0 Å². The number of halogens is 2. The Hall–Kier alpha value is -1.46. The van der Waals surface area contributed by atoms with Crippen LogP contribution in [-0.4, -0.2) is 32.0 Å². The molecule has 0 spiro atoms. The molecule has 1 unspecified atom stereocenters. The van der Waals surface area contributed by atoms with Crippen molar-refractivity contribution in [1.82, 2.24) is 13.6 Å². The molecule has 10 heteroatoms. The Morgan fingerprint density at radius 3 is 1.82 bits per heavy atom. The molecule has 0 fully saturated rings. The summed E-state index contributed by atoms with van der Waals surface area (Å²) in [5, 5.41) is 0. The third-order valence-electron chi connectivity index (χ3n) is 6.04. The molecule has 2 amide bonds. The van der Waals surface area contributed by atoms with E-state index in [9.17, 15) is 9.59 Å². The number of hydrogen-bond acceptors (Lipinski definition) is 7. The predicted octanol–water partition coefficient (Wildman–Crippen LogP) is 8.10. The van der Waals surface area contributed by atoms with E-state index in [0.717, 1.165) is 48.3 Å². The maximum atomic E-state index is 13.8. The summed E-state index contributed by atoms with van der Waals surface area (Å²) in [6.07, 6.45) is 2.87. The quantitative estimate of drug-likeness (QED) is 0.195. The van der Waals surface area contributed by atoms with E-state index >= 15 is 0 Å². The minimum Gasteiger partial charge on any atom is -0.274 e. The van der Waals surface area contributed by atoms with E-state index in [1.54, 1.807) is 0 Å². The average molecular weight is 625 g/mol. The number of aromatic nitrogens is 2. The maximum Gasteiger partial charge on any atom is 0.262 e. The summed E-state index contributed by atoms with van der Waals surface area (Å²) < 4.78 is 11.1. The van der Waals surface area contributed by atoms with Gasteiger partial charge in [-0.05, 0) is 74.9 Å². The van der Waals surface area contributed by atoms with Gasteiger partial charge < -0.3 is 0 Å². The Morgan fingerprint density at radius 1 is 0.879 bits per heavy atom. The largest absolute Gasteiger partial charge is 0.274 e. The van der Waals surface area contributed by atoms with Gasteiger partial charge in [-0.15, -0.1) is 22.7 Å². The summed E-state index contributed by atoms with van der Waals surface area (Å²) in [7, 11) is 0. The van der Waals surface area contributed by atoms with Crippen molar-refractivity contribution in [3.05, 3.63) is 43.0 Å². The molecule has 3 aromatic heterocycles. The summed E-state index contributed by atoms with van der Waals surface area (Å²) in [4.78, 5) is 30.7. The lowest BCUT2D eigenvalue weighted by Gasteiger charge is -2.15. The van der Waals surface area contributed by atoms with Crippen LogP contribution in [0.4, 0.5) is 0 Å². The second kappa shape index (κ2) is 9.30. The van der Waals surface area contributed by atoms with Crippen LogP contribution < -0.4 is 0 Å². The maximum absolute atomic E-state index is 13.8. The van der Waals surface area contributed by atoms with Crippen LogP contribution in [0.25, 0.3) is 31.9 Å². The lowest BCUT2D eigenvalue weighted by Crippen LogP contribution is -2.31. The number of imide groups is 1. The molecular formula is C23H19Br2N3O2S3. The molecule has 4 heterocycles. The minimum atomic E-state index is -0.231. The van der Waals surface area contributed by atoms with Crippen LogP contribution in [0, 0.1) is 5.92 Å². The van der Waals surface area contributed by atoms with Gasteiger partial charge in [0.25, 0.3) is 11.8 Å². The zero-order chi connectivity index (χ0) is 23.3. The highest BCUT2D eigenvalue weighted by molar-refractivity contribution is 9.11. The molecule has 0 aliphatic carbocycles. The highest BCUT2D eigenvalue weighted by Gasteiger charge is 2.42. The SMILES string of the molecule is CCC(C)CCCN1C(=O)c2c(c(-c3ccc(Br)s3)c3nsnc3c2-c2ccc(Br)s2)C1=O. The fourth-order valence-electron chi connectivity index (χ4n) is 4.18. The molecule has 33 heavy (non-hydrogen) atoms. The molecule has 1 aliphatic rings. The van der Waals surface area contributed by atoms with Gasteiger partial charge in [-0.2, -0.15) is 8.75 Å². The normalized spacial score (nSPS) is 14.5. The summed E-state index contributed by atoms with van der Waals surface area (Å²) in [6.45, 7) is 4.79. The van der Waals surface area contributed by atoms with Gasteiger partial charge in [-0.3, -0.25) is 14.5 Å². The standard InChI is InChI=1S/C23H19Br2N3O2S3/c1-3-11(2)5-4-10-28-22(29)18-16(12-6-8-14(24)31-12)20-21(27-33-26-20)17(19(18)23(28)30)13-7-9-15(25)32-13/h6-9,11H,3-5,10H2,1-2H3. The van der Waals surface area contributed by atoms with Crippen LogP contribution >= 0.6 is 66.3 Å². The molecular weight excluding hydrogens is 606 g/mol. The molecule has 4 aromatic rings. The van der Waals surface area contributed by atoms with Crippen molar-refractivity contribution in [1.29, 1.82) is 0 Å². The topological polar surface area (TPSA) is 63.2 Å². The Balaban J connectivity index is 1.73. The molecule has 0 radical (unpaired) electrons. The molecule has 0 N–H and O–H groups in total. The number of carbonyl (C=O) groups is 2. The number of thiophene rings is 2. The molecule has 0 bridgehead atoms. The Bertz CT molecular complexity index is 1300. The zero-order valence-corrected chi connectivity index (χ0v) is 23.5. The molecule has 170 valence electrons. The van der Waals surface area contributed by atoms with Crippen LogP contribution in [0.3, 0.4) is 0 Å². The van der Waals surface area contributed by atoms with E-state index in [1.807, 2.05) is 24.3 Å². The van der Waals surface area contributed by atoms with Crippen LogP contribution in [-0.2, 0) is 0 Å². The number of carbonyl (C=O) groups excluding carboxylic acids is 2. The van der Waals surface area contributed by atoms with Crippen molar-refractivity contribution in [2.45, 2.75) is 33.1 Å². The van der Waals surface area contributed by atoms with E-state index < -0.39 is 0 Å². The van der Waals surface area contributed by atoms with Crippen LogP contribution in [0.2, 0.25) is 0 Å². The first-order valence-electron chi connectivity index (χ1n) is 10.6. The molecule has 0 saturated heterocycles. The summed E-state index contributed by atoms with van der Waals surface area (Å²) >= 11 is 11.2. The Labute approximate surface area is 220 Å². The third kappa shape index (κ3) is 4.03. The van der Waals surface area contributed by atoms with Crippen molar-refractivity contribution in [3.63, 3.8) is 0 Å². The number of rotatable bonds is 7. The second-order valence-corrected chi connectivity index (χ2v) is 13.5. The number of nitrogens with zero attached hydrogens (tertiary/aromatic N) is 3. The first kappa shape index (κ1) is 23.3. The number of hydrogen-bond donors (Lipinski definition) is 0. The molecule has 5 rings (SSSR count). The van der Waals surface area contributed by atoms with Crippen LogP contribution in [0.1, 0.15) is 53.8 Å². The summed E-state index contributed by atoms with van der Waals surface area (Å²) in [5.41, 5.74) is 3.69. The summed E-state index contributed by atoms with van der Waals surface area (Å²) in [5.74, 6) is 0.104. The zero-order valence-electron chi connectivity index (χ0n) is 17.9. The van der Waals surface area contributed by atoms with Crippen LogP contribution in [0.15, 0.2) is 31.8 Å². The third-order valence-corrected chi connectivity index (χ3v) is 9.86. The lowest BCUT2D eigenvalue weighted by molar-refractivity contribution is 0.0650. The molecule has 1 atom stereocenters. The number of benzene rings is 1. The van der Waals surface area contributed by atoms with Gasteiger partial charge in [0.15, 0.2) is 0 Å². The van der Waals surface area contributed by atoms with E-state index in [2.05, 4.69) is 54.5 Å². The Kier molecular flexibility index (Phi) is 6.56. The van der Waals surface area contributed by atoms with Gasteiger partial charge in [0.1, 0.15) is 11.0 Å². The Morgan fingerprint density at radius 2 is 1.39 bits per heavy atom. The molecule has 1 aromatic carbocycles. The smallest absolute Gasteiger partial charge is 0.262 e. The van der Waals surface area contributed by atoms with Gasteiger partial charge in [0, 0.05) is 27.4 Å². The minimum absolute atomic E-state index is 0.231. The second-order valence-electron chi connectivity index (χ2n) is 8.09. The lowest BCUT2D eigenvalue weighted by atomic mass is 9.93. The van der Waals surface area contributed by atoms with E-state index in [0.29, 0.717) is 45.7 Å². The van der Waals surface area contributed by atoms with Gasteiger partial charge in [-0.1, -0.05) is 20.3 Å². The van der Waals surface area contributed by atoms with Gasteiger partial charge in [-0.25, -0.2) is 0 Å². The van der Waals surface area contributed by atoms with Crippen molar-refractivity contribution < 1.29 is 9.59 Å². The first-order chi connectivity index (χ1) is 15.9. The van der Waals surface area contributed by atoms with E-state index in [4.69, 9.17) is 0 Å². The predicted molar refractivity (Wildman–Crippen MR) is 143 cm³/mol. The molecule has 5 nitrogen and oxygen atoms in total. The van der Waals surface area contributed by atoms with E-state index in [1.165, 1.54) is 27.6 Å². The number of fused-ring (bicyclic) bond motifs is 2. The van der Waals surface area contributed by atoms with Crippen molar-refractivity contribution in [3.8, 4) is 20.9 Å².